The van der Waals surface area contributed by atoms with E-state index in [1.165, 1.54) is 5.57 Å². The maximum atomic E-state index is 11.7. The van der Waals surface area contributed by atoms with E-state index >= 15 is 0 Å². The molecule has 0 fully saturated rings. The number of hydrogen-bond donors (Lipinski definition) is 1. The second-order valence-electron chi connectivity index (χ2n) is 3.99. The van der Waals surface area contributed by atoms with E-state index in [-0.39, 0.29) is 18.3 Å². The summed E-state index contributed by atoms with van der Waals surface area (Å²) in [5, 5.41) is 0. The van der Waals surface area contributed by atoms with Crippen LogP contribution in [0.1, 0.15) is 19.3 Å². The number of rotatable bonds is 0. The van der Waals surface area contributed by atoms with E-state index in [4.69, 9.17) is 5.73 Å². The van der Waals surface area contributed by atoms with Gasteiger partial charge in [0.1, 0.15) is 6.04 Å². The van der Waals surface area contributed by atoms with Crippen LogP contribution in [-0.2, 0) is 4.79 Å². The Bertz CT molecular complexity index is 323. The average molecular weight is 229 g/mol. The lowest BCUT2D eigenvalue weighted by Crippen LogP contribution is -2.41. The van der Waals surface area contributed by atoms with Crippen molar-refractivity contribution >= 4 is 18.3 Å². The van der Waals surface area contributed by atoms with Gasteiger partial charge in [-0.2, -0.15) is 0 Å². The van der Waals surface area contributed by atoms with Crippen molar-refractivity contribution < 1.29 is 4.79 Å². The van der Waals surface area contributed by atoms with Gasteiger partial charge in [-0.1, -0.05) is 17.7 Å². The quantitative estimate of drug-likeness (QED) is 0.678. The van der Waals surface area contributed by atoms with Gasteiger partial charge in [-0.05, 0) is 24.8 Å². The molecule has 1 aliphatic heterocycles. The van der Waals surface area contributed by atoms with E-state index in [1.54, 1.807) is 4.90 Å². The van der Waals surface area contributed by atoms with E-state index in [0.717, 1.165) is 31.4 Å². The van der Waals surface area contributed by atoms with Crippen molar-refractivity contribution in [1.82, 2.24) is 4.90 Å². The summed E-state index contributed by atoms with van der Waals surface area (Å²) in [5.41, 5.74) is 8.36. The number of amides is 1. The number of allylic oxidation sites excluding steroid dienone is 1. The normalized spacial score (nSPS) is 25.9. The van der Waals surface area contributed by atoms with Crippen LogP contribution in [0.4, 0.5) is 0 Å². The first-order valence-electron chi connectivity index (χ1n) is 5.09. The first-order chi connectivity index (χ1) is 6.70. The highest BCUT2D eigenvalue weighted by molar-refractivity contribution is 5.86. The lowest BCUT2D eigenvalue weighted by molar-refractivity contribution is -0.130. The zero-order valence-corrected chi connectivity index (χ0v) is 9.72. The van der Waals surface area contributed by atoms with Crippen molar-refractivity contribution in [2.75, 3.05) is 13.6 Å². The third kappa shape index (κ3) is 2.24. The van der Waals surface area contributed by atoms with Gasteiger partial charge in [0.25, 0.3) is 0 Å². The molecule has 2 aliphatic rings. The monoisotopic (exact) mass is 228 g/mol. The maximum Gasteiger partial charge on any atom is 0.243 e. The van der Waals surface area contributed by atoms with Gasteiger partial charge in [0, 0.05) is 13.6 Å². The smallest absolute Gasteiger partial charge is 0.243 e. The Balaban J connectivity index is 0.00000112. The second kappa shape index (κ2) is 4.81. The highest BCUT2D eigenvalue weighted by Crippen LogP contribution is 2.26. The van der Waals surface area contributed by atoms with Gasteiger partial charge in [0.15, 0.2) is 0 Å². The van der Waals surface area contributed by atoms with Crippen LogP contribution in [0.15, 0.2) is 23.3 Å². The summed E-state index contributed by atoms with van der Waals surface area (Å²) < 4.78 is 0. The Kier molecular flexibility index (Phi) is 3.94. The first-order valence-corrected chi connectivity index (χ1v) is 5.09. The predicted molar refractivity (Wildman–Crippen MR) is 62.9 cm³/mol. The molecule has 0 aromatic rings. The number of likely N-dealkylation sites (N-methyl/N-ethyl adjacent to an activating group) is 1. The minimum absolute atomic E-state index is 0. The molecular formula is C11H17ClN2O. The number of nitrogens with two attached hydrogens (primary N) is 1. The van der Waals surface area contributed by atoms with E-state index in [0.29, 0.717) is 0 Å². The molecule has 0 unspecified atom stereocenters. The molecule has 0 radical (unpaired) electrons. The van der Waals surface area contributed by atoms with Crippen LogP contribution in [-0.4, -0.2) is 30.4 Å². The summed E-state index contributed by atoms with van der Waals surface area (Å²) in [4.78, 5) is 13.5. The highest BCUT2D eigenvalue weighted by atomic mass is 35.5. The van der Waals surface area contributed by atoms with Crippen LogP contribution in [0.5, 0.6) is 0 Å². The molecule has 3 nitrogen and oxygen atoms in total. The molecule has 1 atom stereocenters. The fraction of sp³-hybridized carbons (Fsp3) is 0.545. The molecule has 2 rings (SSSR count). The topological polar surface area (TPSA) is 46.3 Å². The Morgan fingerprint density at radius 3 is 2.93 bits per heavy atom. The molecule has 1 heterocycles. The Morgan fingerprint density at radius 2 is 2.20 bits per heavy atom. The third-order valence-electron chi connectivity index (χ3n) is 3.04. The van der Waals surface area contributed by atoms with Gasteiger partial charge >= 0.3 is 0 Å². The Morgan fingerprint density at radius 1 is 1.47 bits per heavy atom. The lowest BCUT2D eigenvalue weighted by atomic mass is 9.92. The van der Waals surface area contributed by atoms with Crippen LogP contribution in [0.25, 0.3) is 0 Å². The molecule has 0 spiro atoms. The highest BCUT2D eigenvalue weighted by Gasteiger charge is 2.27. The van der Waals surface area contributed by atoms with Crippen LogP contribution in [0, 0.1) is 0 Å². The third-order valence-corrected chi connectivity index (χ3v) is 3.04. The van der Waals surface area contributed by atoms with Gasteiger partial charge in [-0.25, -0.2) is 0 Å². The molecular weight excluding hydrogens is 212 g/mol. The molecule has 1 amide bonds. The SMILES string of the molecule is CN1CCC2=C(C=CCC2)[C@H](N)C1=O.Cl. The standard InChI is InChI=1S/C11H16N2O.ClH/c1-13-7-6-8-4-2-3-5-9(8)10(12)11(13)14;/h3,5,10H,2,4,6-7,12H2,1H3;1H/t10-;/m0./s1. The Labute approximate surface area is 96.4 Å². The summed E-state index contributed by atoms with van der Waals surface area (Å²) in [5.74, 6) is 0.0431. The summed E-state index contributed by atoms with van der Waals surface area (Å²) in [6.07, 6.45) is 7.28. The number of carbonyl (C=O) groups excluding carboxylic acids is 1. The zero-order chi connectivity index (χ0) is 10.1. The molecule has 15 heavy (non-hydrogen) atoms. The van der Waals surface area contributed by atoms with Crippen molar-refractivity contribution in [3.05, 3.63) is 23.3 Å². The number of halogens is 1. The van der Waals surface area contributed by atoms with E-state index < -0.39 is 6.04 Å². The van der Waals surface area contributed by atoms with Gasteiger partial charge in [-0.15, -0.1) is 12.4 Å². The van der Waals surface area contributed by atoms with Crippen molar-refractivity contribution in [1.29, 1.82) is 0 Å². The number of nitrogens with zero attached hydrogens (tertiary/aromatic N) is 1. The van der Waals surface area contributed by atoms with E-state index in [9.17, 15) is 4.79 Å². The van der Waals surface area contributed by atoms with E-state index in [1.807, 2.05) is 13.1 Å². The summed E-state index contributed by atoms with van der Waals surface area (Å²) in [7, 11) is 1.82. The first kappa shape index (κ1) is 12.3. The van der Waals surface area contributed by atoms with Crippen molar-refractivity contribution in [2.24, 2.45) is 5.73 Å². The number of carbonyl (C=O) groups is 1. The minimum atomic E-state index is -0.436. The van der Waals surface area contributed by atoms with Crippen LogP contribution >= 0.6 is 12.4 Å². The largest absolute Gasteiger partial charge is 0.344 e. The molecule has 4 heteroatoms. The molecule has 0 saturated carbocycles. The second-order valence-corrected chi connectivity index (χ2v) is 3.99. The summed E-state index contributed by atoms with van der Waals surface area (Å²) in [6, 6.07) is -0.436. The summed E-state index contributed by atoms with van der Waals surface area (Å²) in [6.45, 7) is 0.805. The molecule has 1 aliphatic carbocycles. The Hall–Kier alpha value is -0.800. The van der Waals surface area contributed by atoms with Crippen LogP contribution in [0.3, 0.4) is 0 Å². The van der Waals surface area contributed by atoms with Crippen molar-refractivity contribution in [3.63, 3.8) is 0 Å². The molecule has 0 bridgehead atoms. The van der Waals surface area contributed by atoms with Crippen molar-refractivity contribution in [2.45, 2.75) is 25.3 Å². The minimum Gasteiger partial charge on any atom is -0.344 e. The average Bonchev–Trinajstić information content (AvgIpc) is 2.32. The van der Waals surface area contributed by atoms with Crippen molar-refractivity contribution in [3.8, 4) is 0 Å². The van der Waals surface area contributed by atoms with Gasteiger partial charge < -0.3 is 10.6 Å². The van der Waals surface area contributed by atoms with Gasteiger partial charge in [0.2, 0.25) is 5.91 Å². The molecule has 84 valence electrons. The van der Waals surface area contributed by atoms with Crippen LogP contribution < -0.4 is 5.73 Å². The molecule has 0 aromatic heterocycles. The molecule has 0 aromatic carbocycles. The van der Waals surface area contributed by atoms with Gasteiger partial charge in [-0.3, -0.25) is 4.79 Å². The fourth-order valence-corrected chi connectivity index (χ4v) is 2.11. The molecule has 0 saturated heterocycles. The molecule has 2 N–H and O–H groups in total. The van der Waals surface area contributed by atoms with Gasteiger partial charge in [0.05, 0.1) is 0 Å². The lowest BCUT2D eigenvalue weighted by Gasteiger charge is -2.18. The number of hydrogen-bond acceptors (Lipinski definition) is 2. The maximum absolute atomic E-state index is 11.7. The van der Waals surface area contributed by atoms with Crippen LogP contribution in [0.2, 0.25) is 0 Å². The van der Waals surface area contributed by atoms with E-state index in [2.05, 4.69) is 6.08 Å². The predicted octanol–water partition coefficient (Wildman–Crippen LogP) is 1.24. The summed E-state index contributed by atoms with van der Waals surface area (Å²) >= 11 is 0. The fourth-order valence-electron chi connectivity index (χ4n) is 2.11. The zero-order valence-electron chi connectivity index (χ0n) is 8.90.